The van der Waals surface area contributed by atoms with Crippen LogP contribution >= 0.6 is 0 Å². The zero-order valence-electron chi connectivity index (χ0n) is 9.62. The minimum Gasteiger partial charge on any atom is -0.481 e. The maximum atomic E-state index is 10.3. The molecule has 0 aromatic carbocycles. The number of carboxylic acid groups (broad SMARTS) is 1. The van der Waals surface area contributed by atoms with Crippen molar-refractivity contribution in [3.8, 4) is 0 Å². The van der Waals surface area contributed by atoms with Crippen LogP contribution in [0.3, 0.4) is 0 Å². The minimum atomic E-state index is -0.684. The van der Waals surface area contributed by atoms with Gasteiger partial charge >= 0.3 is 5.97 Å². The van der Waals surface area contributed by atoms with E-state index in [1.807, 2.05) is 0 Å². The van der Waals surface area contributed by atoms with Crippen LogP contribution in [0, 0.1) is 0 Å². The summed E-state index contributed by atoms with van der Waals surface area (Å²) in [4.78, 5) is 12.7. The van der Waals surface area contributed by atoms with Gasteiger partial charge in [0.15, 0.2) is 0 Å². The van der Waals surface area contributed by atoms with E-state index in [2.05, 4.69) is 25.7 Å². The van der Waals surface area contributed by atoms with Crippen molar-refractivity contribution >= 4 is 5.97 Å². The number of unbranched alkanes of at least 4 members (excludes halogenated alkanes) is 1. The molecule has 0 heterocycles. The van der Waals surface area contributed by atoms with E-state index < -0.39 is 5.97 Å². The number of rotatable bonds is 8. The molecule has 0 spiro atoms. The summed E-state index contributed by atoms with van der Waals surface area (Å²) in [6, 6.07) is 0.569. The van der Waals surface area contributed by atoms with Crippen LogP contribution in [0.4, 0.5) is 0 Å². The second-order valence-electron chi connectivity index (χ2n) is 3.98. The topological polar surface area (TPSA) is 40.5 Å². The fourth-order valence-corrected chi connectivity index (χ4v) is 1.51. The van der Waals surface area contributed by atoms with E-state index >= 15 is 0 Å². The van der Waals surface area contributed by atoms with Crippen LogP contribution in [0.15, 0.2) is 0 Å². The van der Waals surface area contributed by atoms with Crippen molar-refractivity contribution in [3.05, 3.63) is 0 Å². The molecule has 0 aromatic rings. The highest BCUT2D eigenvalue weighted by Gasteiger charge is 2.07. The van der Waals surface area contributed by atoms with Gasteiger partial charge in [0.25, 0.3) is 0 Å². The molecule has 0 saturated carbocycles. The average molecular weight is 201 g/mol. The SMILES string of the molecule is CCCN(CCCCC(=O)O)C(C)C. The molecule has 1 N–H and O–H groups in total. The lowest BCUT2D eigenvalue weighted by Gasteiger charge is -2.25. The van der Waals surface area contributed by atoms with Crippen LogP contribution in [0.1, 0.15) is 46.5 Å². The van der Waals surface area contributed by atoms with Crippen molar-refractivity contribution in [2.24, 2.45) is 0 Å². The van der Waals surface area contributed by atoms with Gasteiger partial charge in [0.1, 0.15) is 0 Å². The molecule has 0 bridgehead atoms. The van der Waals surface area contributed by atoms with Crippen LogP contribution < -0.4 is 0 Å². The zero-order chi connectivity index (χ0) is 11.0. The van der Waals surface area contributed by atoms with Crippen molar-refractivity contribution in [2.75, 3.05) is 13.1 Å². The lowest BCUT2D eigenvalue weighted by molar-refractivity contribution is -0.137. The van der Waals surface area contributed by atoms with E-state index in [9.17, 15) is 4.79 Å². The second kappa shape index (κ2) is 7.80. The Morgan fingerprint density at radius 3 is 2.36 bits per heavy atom. The molecule has 0 fully saturated rings. The van der Waals surface area contributed by atoms with Gasteiger partial charge in [-0.3, -0.25) is 4.79 Å². The normalized spacial score (nSPS) is 11.2. The molecule has 84 valence electrons. The van der Waals surface area contributed by atoms with Crippen LogP contribution in [0.5, 0.6) is 0 Å². The number of carbonyl (C=O) groups is 1. The fourth-order valence-electron chi connectivity index (χ4n) is 1.51. The quantitative estimate of drug-likeness (QED) is 0.613. The first-order chi connectivity index (χ1) is 6.57. The van der Waals surface area contributed by atoms with E-state index in [0.29, 0.717) is 12.5 Å². The van der Waals surface area contributed by atoms with Crippen molar-refractivity contribution in [1.82, 2.24) is 4.90 Å². The Bertz CT molecular complexity index is 157. The van der Waals surface area contributed by atoms with Gasteiger partial charge in [-0.25, -0.2) is 0 Å². The van der Waals surface area contributed by atoms with Gasteiger partial charge in [0.2, 0.25) is 0 Å². The lowest BCUT2D eigenvalue weighted by atomic mass is 10.2. The lowest BCUT2D eigenvalue weighted by Crippen LogP contribution is -2.32. The third kappa shape index (κ3) is 6.89. The molecule has 3 nitrogen and oxygen atoms in total. The fraction of sp³-hybridized carbons (Fsp3) is 0.909. The Hall–Kier alpha value is -0.570. The summed E-state index contributed by atoms with van der Waals surface area (Å²) < 4.78 is 0. The number of aliphatic carboxylic acids is 1. The largest absolute Gasteiger partial charge is 0.481 e. The third-order valence-corrected chi connectivity index (χ3v) is 2.33. The van der Waals surface area contributed by atoms with Gasteiger partial charge in [-0.15, -0.1) is 0 Å². The monoisotopic (exact) mass is 201 g/mol. The molecule has 14 heavy (non-hydrogen) atoms. The Balaban J connectivity index is 3.55. The van der Waals surface area contributed by atoms with Crippen molar-refractivity contribution in [1.29, 1.82) is 0 Å². The highest BCUT2D eigenvalue weighted by molar-refractivity contribution is 5.66. The van der Waals surface area contributed by atoms with E-state index in [1.165, 1.54) is 0 Å². The smallest absolute Gasteiger partial charge is 0.303 e. The molecule has 0 amide bonds. The van der Waals surface area contributed by atoms with Gasteiger partial charge < -0.3 is 10.0 Å². The minimum absolute atomic E-state index is 0.304. The van der Waals surface area contributed by atoms with Crippen molar-refractivity contribution < 1.29 is 9.90 Å². The first-order valence-corrected chi connectivity index (χ1v) is 5.53. The molecular weight excluding hydrogens is 178 g/mol. The van der Waals surface area contributed by atoms with Gasteiger partial charge in [-0.05, 0) is 46.2 Å². The number of hydrogen-bond acceptors (Lipinski definition) is 2. The molecule has 0 aliphatic carbocycles. The summed E-state index contributed by atoms with van der Waals surface area (Å²) in [5, 5.41) is 8.48. The van der Waals surface area contributed by atoms with Gasteiger partial charge in [-0.2, -0.15) is 0 Å². The first-order valence-electron chi connectivity index (χ1n) is 5.53. The van der Waals surface area contributed by atoms with Crippen molar-refractivity contribution in [2.45, 2.75) is 52.5 Å². The number of hydrogen-bond donors (Lipinski definition) is 1. The summed E-state index contributed by atoms with van der Waals surface area (Å²) in [6.45, 7) is 8.69. The van der Waals surface area contributed by atoms with E-state index in [4.69, 9.17) is 5.11 Å². The van der Waals surface area contributed by atoms with E-state index in [0.717, 1.165) is 32.4 Å². The predicted molar refractivity (Wildman–Crippen MR) is 58.5 cm³/mol. The van der Waals surface area contributed by atoms with Crippen molar-refractivity contribution in [3.63, 3.8) is 0 Å². The van der Waals surface area contributed by atoms with Gasteiger partial charge in [-0.1, -0.05) is 6.92 Å². The maximum absolute atomic E-state index is 10.3. The van der Waals surface area contributed by atoms with Crippen LogP contribution in [-0.2, 0) is 4.79 Å². The summed E-state index contributed by atoms with van der Waals surface area (Å²) in [5.74, 6) is -0.684. The average Bonchev–Trinajstić information content (AvgIpc) is 2.09. The molecule has 0 rings (SSSR count). The summed E-state index contributed by atoms with van der Waals surface area (Å²) in [6.07, 6.45) is 3.25. The molecule has 0 radical (unpaired) electrons. The molecular formula is C11H23NO2. The molecule has 0 aliphatic heterocycles. The Morgan fingerprint density at radius 2 is 1.93 bits per heavy atom. The van der Waals surface area contributed by atoms with Gasteiger partial charge in [0.05, 0.1) is 0 Å². The first kappa shape index (κ1) is 13.4. The van der Waals surface area contributed by atoms with Crippen LogP contribution in [0.25, 0.3) is 0 Å². The molecule has 3 heteroatoms. The molecule has 0 unspecified atom stereocenters. The van der Waals surface area contributed by atoms with E-state index in [1.54, 1.807) is 0 Å². The predicted octanol–water partition coefficient (Wildman–Crippen LogP) is 2.36. The molecule has 0 aliphatic rings. The standard InChI is InChI=1S/C11H23NO2/c1-4-8-12(10(2)3)9-6-5-7-11(13)14/h10H,4-9H2,1-3H3,(H,13,14). The second-order valence-corrected chi connectivity index (χ2v) is 3.98. The third-order valence-electron chi connectivity index (χ3n) is 2.33. The summed E-state index contributed by atoms with van der Waals surface area (Å²) >= 11 is 0. The van der Waals surface area contributed by atoms with Crippen LogP contribution in [-0.4, -0.2) is 35.1 Å². The number of carboxylic acids is 1. The molecule has 0 saturated heterocycles. The Labute approximate surface area is 87.1 Å². The Morgan fingerprint density at radius 1 is 1.29 bits per heavy atom. The van der Waals surface area contributed by atoms with E-state index in [-0.39, 0.29) is 0 Å². The van der Waals surface area contributed by atoms with Gasteiger partial charge in [0, 0.05) is 12.5 Å². The Kier molecular flexibility index (Phi) is 7.48. The molecule has 0 aromatic heterocycles. The zero-order valence-corrected chi connectivity index (χ0v) is 9.62. The summed E-state index contributed by atoms with van der Waals surface area (Å²) in [5.41, 5.74) is 0. The highest BCUT2D eigenvalue weighted by Crippen LogP contribution is 2.04. The maximum Gasteiger partial charge on any atom is 0.303 e. The number of nitrogens with zero attached hydrogens (tertiary/aromatic N) is 1. The highest BCUT2D eigenvalue weighted by atomic mass is 16.4. The molecule has 0 atom stereocenters. The summed E-state index contributed by atoms with van der Waals surface area (Å²) in [7, 11) is 0. The van der Waals surface area contributed by atoms with Crippen LogP contribution in [0.2, 0.25) is 0 Å².